The minimum absolute atomic E-state index is 0. The van der Waals surface area contributed by atoms with Crippen LogP contribution in [0.25, 0.3) is 0 Å². The van der Waals surface area contributed by atoms with Gasteiger partial charge in [0.15, 0.2) is 0 Å². The Morgan fingerprint density at radius 3 is 2.25 bits per heavy atom. The van der Waals surface area contributed by atoms with Crippen molar-refractivity contribution in [2.45, 2.75) is 39.8 Å². The molecule has 0 heterocycles. The number of benzene rings is 1. The molecule has 1 unspecified atom stereocenters. The lowest BCUT2D eigenvalue weighted by atomic mass is 10.1. The third kappa shape index (κ3) is 10.8. The van der Waals surface area contributed by atoms with Gasteiger partial charge < -0.3 is 15.6 Å². The molecule has 1 aromatic carbocycles. The van der Waals surface area contributed by atoms with Crippen LogP contribution in [-0.2, 0) is 16.1 Å². The van der Waals surface area contributed by atoms with Crippen LogP contribution >= 0.6 is 12.4 Å². The minimum atomic E-state index is -0.510. The fourth-order valence-electron chi connectivity index (χ4n) is 1.44. The van der Waals surface area contributed by atoms with Crippen LogP contribution in [0.2, 0.25) is 0 Å². The molecule has 0 fully saturated rings. The molecule has 4 nitrogen and oxygen atoms in total. The van der Waals surface area contributed by atoms with Crippen LogP contribution in [0.1, 0.15) is 32.8 Å². The van der Waals surface area contributed by atoms with Crippen molar-refractivity contribution >= 4 is 18.4 Å². The smallest absolute Gasteiger partial charge is 0.323 e. The Labute approximate surface area is 127 Å². The van der Waals surface area contributed by atoms with Crippen molar-refractivity contribution in [1.29, 1.82) is 0 Å². The van der Waals surface area contributed by atoms with Crippen molar-refractivity contribution in [3.63, 3.8) is 0 Å². The molecular formula is C15H26ClNO3. The van der Waals surface area contributed by atoms with Crippen molar-refractivity contribution in [1.82, 2.24) is 0 Å². The molecule has 1 atom stereocenters. The number of carbonyl (C=O) groups excluding carboxylic acids is 1. The molecule has 1 aromatic rings. The quantitative estimate of drug-likeness (QED) is 0.820. The van der Waals surface area contributed by atoms with Crippen LogP contribution in [0, 0.1) is 5.92 Å². The first-order chi connectivity index (χ1) is 9.01. The number of hydrogen-bond acceptors (Lipinski definition) is 4. The highest BCUT2D eigenvalue weighted by atomic mass is 35.5. The van der Waals surface area contributed by atoms with Gasteiger partial charge in [-0.1, -0.05) is 44.2 Å². The highest BCUT2D eigenvalue weighted by molar-refractivity contribution is 5.85. The maximum absolute atomic E-state index is 11.5. The number of aliphatic hydroxyl groups excluding tert-OH is 1. The average Bonchev–Trinajstić information content (AvgIpc) is 2.37. The Hall–Kier alpha value is -1.10. The summed E-state index contributed by atoms with van der Waals surface area (Å²) in [6.45, 7) is 6.29. The third-order valence-corrected chi connectivity index (χ3v) is 2.25. The van der Waals surface area contributed by atoms with E-state index in [0.717, 1.165) is 5.56 Å². The van der Waals surface area contributed by atoms with Gasteiger partial charge in [0, 0.05) is 6.61 Å². The van der Waals surface area contributed by atoms with E-state index in [4.69, 9.17) is 15.6 Å². The maximum atomic E-state index is 11.5. The van der Waals surface area contributed by atoms with E-state index >= 15 is 0 Å². The Kier molecular flexibility index (Phi) is 13.7. The Morgan fingerprint density at radius 2 is 1.80 bits per heavy atom. The summed E-state index contributed by atoms with van der Waals surface area (Å²) in [6.07, 6.45) is 0.660. The molecule has 5 heteroatoms. The van der Waals surface area contributed by atoms with E-state index in [9.17, 15) is 4.79 Å². The molecule has 0 amide bonds. The first-order valence-electron chi connectivity index (χ1n) is 6.58. The summed E-state index contributed by atoms with van der Waals surface area (Å²) in [5.41, 5.74) is 6.69. The van der Waals surface area contributed by atoms with Crippen LogP contribution in [0.15, 0.2) is 30.3 Å². The first kappa shape index (κ1) is 21.2. The van der Waals surface area contributed by atoms with Crippen molar-refractivity contribution in [3.05, 3.63) is 35.9 Å². The van der Waals surface area contributed by atoms with Gasteiger partial charge in [0.25, 0.3) is 0 Å². The molecule has 0 aliphatic heterocycles. The molecule has 20 heavy (non-hydrogen) atoms. The first-order valence-corrected chi connectivity index (χ1v) is 6.58. The number of carbonyl (C=O) groups is 1. The molecule has 0 saturated carbocycles. The zero-order chi connectivity index (χ0) is 14.7. The van der Waals surface area contributed by atoms with Gasteiger partial charge in [-0.3, -0.25) is 4.79 Å². The molecule has 0 aliphatic carbocycles. The summed E-state index contributed by atoms with van der Waals surface area (Å²) in [4.78, 5) is 11.5. The van der Waals surface area contributed by atoms with E-state index in [1.807, 2.05) is 44.2 Å². The minimum Gasteiger partial charge on any atom is -0.460 e. The third-order valence-electron chi connectivity index (χ3n) is 2.25. The van der Waals surface area contributed by atoms with Gasteiger partial charge in [-0.15, -0.1) is 12.4 Å². The highest BCUT2D eigenvalue weighted by Gasteiger charge is 2.16. The van der Waals surface area contributed by atoms with Crippen molar-refractivity contribution in [2.24, 2.45) is 11.7 Å². The molecular weight excluding hydrogens is 278 g/mol. The number of aliphatic hydroxyl groups is 1. The van der Waals surface area contributed by atoms with Crippen LogP contribution in [-0.4, -0.2) is 23.7 Å². The average molecular weight is 304 g/mol. The molecule has 0 aliphatic rings. The van der Waals surface area contributed by atoms with Gasteiger partial charge in [0.05, 0.1) is 0 Å². The van der Waals surface area contributed by atoms with Gasteiger partial charge in [-0.25, -0.2) is 0 Å². The van der Waals surface area contributed by atoms with E-state index in [1.165, 1.54) is 0 Å². The number of rotatable bonds is 5. The lowest BCUT2D eigenvalue weighted by molar-refractivity contribution is -0.146. The Morgan fingerprint density at radius 1 is 1.30 bits per heavy atom. The number of hydrogen-bond donors (Lipinski definition) is 2. The lowest BCUT2D eigenvalue weighted by Crippen LogP contribution is -2.33. The number of halogens is 1. The predicted molar refractivity (Wildman–Crippen MR) is 83.7 cm³/mol. The van der Waals surface area contributed by atoms with Crippen LogP contribution in [0.5, 0.6) is 0 Å². The van der Waals surface area contributed by atoms with Gasteiger partial charge in [-0.05, 0) is 24.8 Å². The normalized spacial score (nSPS) is 10.9. The molecule has 0 saturated heterocycles. The molecule has 0 spiro atoms. The number of ether oxygens (including phenoxy) is 1. The summed E-state index contributed by atoms with van der Waals surface area (Å²) < 4.78 is 5.13. The summed E-state index contributed by atoms with van der Waals surface area (Å²) >= 11 is 0. The largest absolute Gasteiger partial charge is 0.460 e. The molecule has 1 rings (SSSR count). The Balaban J connectivity index is 0. The van der Waals surface area contributed by atoms with E-state index in [2.05, 4.69) is 0 Å². The topological polar surface area (TPSA) is 72.6 Å². The zero-order valence-electron chi connectivity index (χ0n) is 12.4. The Bertz CT molecular complexity index is 344. The second kappa shape index (κ2) is 12.9. The molecule has 116 valence electrons. The number of nitrogens with two attached hydrogens (primary N) is 1. The molecule has 0 radical (unpaired) electrons. The summed E-state index contributed by atoms with van der Waals surface area (Å²) in [5, 5.41) is 7.57. The number of esters is 1. The maximum Gasteiger partial charge on any atom is 0.323 e. The van der Waals surface area contributed by atoms with Crippen LogP contribution in [0.3, 0.4) is 0 Å². The molecule has 0 bridgehead atoms. The van der Waals surface area contributed by atoms with E-state index in [-0.39, 0.29) is 25.0 Å². The van der Waals surface area contributed by atoms with Crippen LogP contribution < -0.4 is 5.73 Å². The zero-order valence-corrected chi connectivity index (χ0v) is 13.2. The highest BCUT2D eigenvalue weighted by Crippen LogP contribution is 2.06. The summed E-state index contributed by atoms with van der Waals surface area (Å²) in [7, 11) is 0. The van der Waals surface area contributed by atoms with Crippen molar-refractivity contribution < 1.29 is 14.6 Å². The summed E-state index contributed by atoms with van der Waals surface area (Å²) in [6, 6.07) is 9.08. The predicted octanol–water partition coefficient (Wildman–Crippen LogP) is 2.52. The van der Waals surface area contributed by atoms with Gasteiger partial charge in [0.2, 0.25) is 0 Å². The van der Waals surface area contributed by atoms with Gasteiger partial charge in [0.1, 0.15) is 12.6 Å². The van der Waals surface area contributed by atoms with E-state index in [0.29, 0.717) is 18.9 Å². The van der Waals surface area contributed by atoms with Gasteiger partial charge >= 0.3 is 5.97 Å². The SMILES string of the molecule is CC(C)CC(N)C(=O)OCc1ccccc1.CCO.Cl. The van der Waals surface area contributed by atoms with E-state index < -0.39 is 6.04 Å². The van der Waals surface area contributed by atoms with E-state index in [1.54, 1.807) is 6.92 Å². The van der Waals surface area contributed by atoms with Crippen molar-refractivity contribution in [3.8, 4) is 0 Å². The van der Waals surface area contributed by atoms with Crippen LogP contribution in [0.4, 0.5) is 0 Å². The fraction of sp³-hybridized carbons (Fsp3) is 0.533. The molecule has 3 N–H and O–H groups in total. The molecule has 0 aromatic heterocycles. The standard InChI is InChI=1S/C13H19NO2.C2H6O.ClH/c1-10(2)8-12(14)13(15)16-9-11-6-4-3-5-7-11;1-2-3;/h3-7,10,12H,8-9,14H2,1-2H3;3H,2H2,1H3;1H. The second-order valence-electron chi connectivity index (χ2n) is 4.65. The second-order valence-corrected chi connectivity index (χ2v) is 4.65. The fourth-order valence-corrected chi connectivity index (χ4v) is 1.44. The van der Waals surface area contributed by atoms with Gasteiger partial charge in [-0.2, -0.15) is 0 Å². The lowest BCUT2D eigenvalue weighted by Gasteiger charge is -2.13. The summed E-state index contributed by atoms with van der Waals surface area (Å²) in [5.74, 6) is 0.0804. The monoisotopic (exact) mass is 303 g/mol. The van der Waals surface area contributed by atoms with Crippen molar-refractivity contribution in [2.75, 3.05) is 6.61 Å².